The molecule has 1 saturated carbocycles. The number of nitrogens with two attached hydrogens (primary N) is 1. The number of likely N-dealkylation sites (N-methyl/N-ethyl adjacent to an activating group) is 1. The first-order valence-electron chi connectivity index (χ1n) is 8.09. The first kappa shape index (κ1) is 16.8. The second kappa shape index (κ2) is 6.66. The van der Waals surface area contributed by atoms with Crippen molar-refractivity contribution in [2.75, 3.05) is 26.7 Å². The standard InChI is InChI=1S/C16H26N4O2/c1-12-8-20(9-13(12)15(18)22)10-14(21)19(2)16(11-17)6-4-3-5-7-16/h12-13H,3-10H2,1-2H3,(H2,18,22)/t12-,13-/m1/s1. The van der Waals surface area contributed by atoms with Crippen molar-refractivity contribution in [3.8, 4) is 6.07 Å². The lowest BCUT2D eigenvalue weighted by Crippen LogP contribution is -2.52. The summed E-state index contributed by atoms with van der Waals surface area (Å²) in [6, 6.07) is 2.37. The van der Waals surface area contributed by atoms with Gasteiger partial charge < -0.3 is 10.6 Å². The molecule has 0 aromatic carbocycles. The average Bonchev–Trinajstić information content (AvgIpc) is 2.87. The summed E-state index contributed by atoms with van der Waals surface area (Å²) in [5.74, 6) is -0.342. The van der Waals surface area contributed by atoms with Gasteiger partial charge in [-0.2, -0.15) is 5.26 Å². The number of primary amides is 1. The fraction of sp³-hybridized carbons (Fsp3) is 0.812. The van der Waals surface area contributed by atoms with Crippen molar-refractivity contribution < 1.29 is 9.59 Å². The third-order valence-electron chi connectivity index (χ3n) is 5.32. The number of hydrogen-bond donors (Lipinski definition) is 1. The van der Waals surface area contributed by atoms with E-state index in [1.807, 2.05) is 11.8 Å². The second-order valence-electron chi connectivity index (χ2n) is 6.84. The highest BCUT2D eigenvalue weighted by Crippen LogP contribution is 2.32. The monoisotopic (exact) mass is 306 g/mol. The Morgan fingerprint density at radius 3 is 2.45 bits per heavy atom. The van der Waals surface area contributed by atoms with Gasteiger partial charge in [0.25, 0.3) is 0 Å². The maximum absolute atomic E-state index is 12.6. The van der Waals surface area contributed by atoms with E-state index in [2.05, 4.69) is 6.07 Å². The van der Waals surface area contributed by atoms with Gasteiger partial charge in [-0.05, 0) is 18.8 Å². The van der Waals surface area contributed by atoms with Gasteiger partial charge in [0.1, 0.15) is 5.54 Å². The maximum Gasteiger partial charge on any atom is 0.237 e. The molecular formula is C16H26N4O2. The van der Waals surface area contributed by atoms with Crippen LogP contribution in [0.5, 0.6) is 0 Å². The van der Waals surface area contributed by atoms with Crippen LogP contribution >= 0.6 is 0 Å². The van der Waals surface area contributed by atoms with Crippen LogP contribution in [0, 0.1) is 23.2 Å². The van der Waals surface area contributed by atoms with Crippen molar-refractivity contribution in [1.29, 1.82) is 5.26 Å². The lowest BCUT2D eigenvalue weighted by molar-refractivity contribution is -0.136. The zero-order valence-corrected chi connectivity index (χ0v) is 13.5. The molecule has 22 heavy (non-hydrogen) atoms. The van der Waals surface area contributed by atoms with E-state index in [0.29, 0.717) is 13.1 Å². The minimum atomic E-state index is -0.649. The molecule has 0 aromatic heterocycles. The third-order valence-corrected chi connectivity index (χ3v) is 5.32. The lowest BCUT2D eigenvalue weighted by Gasteiger charge is -2.39. The summed E-state index contributed by atoms with van der Waals surface area (Å²) in [4.78, 5) is 27.6. The van der Waals surface area contributed by atoms with E-state index in [1.54, 1.807) is 11.9 Å². The molecule has 2 N–H and O–H groups in total. The Bertz CT molecular complexity index is 479. The molecule has 122 valence electrons. The molecule has 6 nitrogen and oxygen atoms in total. The molecule has 2 fully saturated rings. The van der Waals surface area contributed by atoms with Crippen molar-refractivity contribution in [2.24, 2.45) is 17.6 Å². The largest absolute Gasteiger partial charge is 0.369 e. The fourth-order valence-corrected chi connectivity index (χ4v) is 3.76. The molecule has 2 atom stereocenters. The van der Waals surface area contributed by atoms with Gasteiger partial charge in [-0.1, -0.05) is 26.2 Å². The topological polar surface area (TPSA) is 90.4 Å². The van der Waals surface area contributed by atoms with E-state index in [4.69, 9.17) is 5.73 Å². The molecule has 0 unspecified atom stereocenters. The predicted octanol–water partition coefficient (Wildman–Crippen LogP) is 0.724. The quantitative estimate of drug-likeness (QED) is 0.829. The van der Waals surface area contributed by atoms with Gasteiger partial charge in [0.15, 0.2) is 0 Å². The fourth-order valence-electron chi connectivity index (χ4n) is 3.76. The van der Waals surface area contributed by atoms with Crippen LogP contribution in [0.4, 0.5) is 0 Å². The van der Waals surface area contributed by atoms with Gasteiger partial charge >= 0.3 is 0 Å². The average molecular weight is 306 g/mol. The molecule has 0 radical (unpaired) electrons. The second-order valence-corrected chi connectivity index (χ2v) is 6.84. The van der Waals surface area contributed by atoms with Crippen molar-refractivity contribution >= 4 is 11.8 Å². The van der Waals surface area contributed by atoms with Crippen LogP contribution in [0.1, 0.15) is 39.0 Å². The molecule has 6 heteroatoms. The minimum absolute atomic E-state index is 0.0410. The SMILES string of the molecule is C[C@@H]1CN(CC(=O)N(C)C2(C#N)CCCCC2)C[C@H]1C(N)=O. The number of likely N-dealkylation sites (tertiary alicyclic amines) is 1. The molecule has 2 rings (SSSR count). The number of carbonyl (C=O) groups excluding carboxylic acids is 2. The number of rotatable bonds is 4. The molecule has 2 aliphatic rings. The molecule has 1 aliphatic carbocycles. The highest BCUT2D eigenvalue weighted by atomic mass is 16.2. The molecule has 1 aliphatic heterocycles. The summed E-state index contributed by atoms with van der Waals surface area (Å²) in [6.45, 7) is 3.48. The van der Waals surface area contributed by atoms with Gasteiger partial charge in [-0.3, -0.25) is 14.5 Å². The van der Waals surface area contributed by atoms with Crippen LogP contribution < -0.4 is 5.73 Å². The lowest BCUT2D eigenvalue weighted by atomic mass is 9.81. The van der Waals surface area contributed by atoms with Crippen molar-refractivity contribution in [3.05, 3.63) is 0 Å². The molecule has 0 spiro atoms. The van der Waals surface area contributed by atoms with Crippen LogP contribution in [0.3, 0.4) is 0 Å². The molecule has 0 bridgehead atoms. The number of amides is 2. The first-order chi connectivity index (χ1) is 10.4. The third kappa shape index (κ3) is 3.25. The smallest absolute Gasteiger partial charge is 0.237 e. The highest BCUT2D eigenvalue weighted by Gasteiger charge is 2.40. The Balaban J connectivity index is 1.97. The minimum Gasteiger partial charge on any atom is -0.369 e. The number of carbonyl (C=O) groups is 2. The Morgan fingerprint density at radius 1 is 1.32 bits per heavy atom. The molecule has 2 amide bonds. The van der Waals surface area contributed by atoms with Crippen molar-refractivity contribution in [2.45, 2.75) is 44.6 Å². The van der Waals surface area contributed by atoms with Crippen LogP contribution in [-0.4, -0.2) is 53.8 Å². The van der Waals surface area contributed by atoms with Crippen LogP contribution in [0.2, 0.25) is 0 Å². The van der Waals surface area contributed by atoms with E-state index in [9.17, 15) is 14.9 Å². The van der Waals surface area contributed by atoms with Crippen molar-refractivity contribution in [3.63, 3.8) is 0 Å². The van der Waals surface area contributed by atoms with Gasteiger partial charge in [0, 0.05) is 20.1 Å². The van der Waals surface area contributed by atoms with E-state index in [1.165, 1.54) is 0 Å². The molecule has 1 heterocycles. The van der Waals surface area contributed by atoms with Crippen molar-refractivity contribution in [1.82, 2.24) is 9.80 Å². The normalized spacial score (nSPS) is 28.0. The summed E-state index contributed by atoms with van der Waals surface area (Å²) in [6.07, 6.45) is 4.64. The highest BCUT2D eigenvalue weighted by molar-refractivity contribution is 5.80. The summed E-state index contributed by atoms with van der Waals surface area (Å²) >= 11 is 0. The van der Waals surface area contributed by atoms with Gasteiger partial charge in [-0.15, -0.1) is 0 Å². The van der Waals surface area contributed by atoms with E-state index < -0.39 is 5.54 Å². The summed E-state index contributed by atoms with van der Waals surface area (Å²) in [7, 11) is 1.74. The number of hydrogen-bond acceptors (Lipinski definition) is 4. The summed E-state index contributed by atoms with van der Waals surface area (Å²) < 4.78 is 0. The molecule has 0 aromatic rings. The maximum atomic E-state index is 12.6. The van der Waals surface area contributed by atoms with E-state index >= 15 is 0 Å². The Kier molecular flexibility index (Phi) is 5.07. The van der Waals surface area contributed by atoms with Gasteiger partial charge in [0.2, 0.25) is 11.8 Å². The van der Waals surface area contributed by atoms with Crippen LogP contribution in [-0.2, 0) is 9.59 Å². The Hall–Kier alpha value is -1.61. The zero-order valence-electron chi connectivity index (χ0n) is 13.5. The number of nitriles is 1. The van der Waals surface area contributed by atoms with Crippen LogP contribution in [0.15, 0.2) is 0 Å². The van der Waals surface area contributed by atoms with Crippen LogP contribution in [0.25, 0.3) is 0 Å². The summed E-state index contributed by atoms with van der Waals surface area (Å²) in [5, 5.41) is 9.56. The van der Waals surface area contributed by atoms with Gasteiger partial charge in [0.05, 0.1) is 18.5 Å². The Labute approximate surface area is 132 Å². The first-order valence-corrected chi connectivity index (χ1v) is 8.09. The Morgan fingerprint density at radius 2 is 1.95 bits per heavy atom. The summed E-state index contributed by atoms with van der Waals surface area (Å²) in [5.41, 5.74) is 4.75. The molecule has 1 saturated heterocycles. The number of nitrogens with zero attached hydrogens (tertiary/aromatic N) is 3. The van der Waals surface area contributed by atoms with E-state index in [0.717, 1.165) is 32.1 Å². The predicted molar refractivity (Wildman–Crippen MR) is 82.5 cm³/mol. The zero-order chi connectivity index (χ0) is 16.3. The molecular weight excluding hydrogens is 280 g/mol. The van der Waals surface area contributed by atoms with Gasteiger partial charge in [-0.25, -0.2) is 0 Å². The van der Waals surface area contributed by atoms with E-state index in [-0.39, 0.29) is 30.2 Å².